The third kappa shape index (κ3) is 3.16. The van der Waals surface area contributed by atoms with E-state index in [0.29, 0.717) is 11.4 Å². The standard InChI is InChI=1S/C27H22N4O2/c1-16-22-12-11-19-15-30-26(18-9-7-17(8-10-18)25(29)33)31-24(19)27(22,13-20(14-28)23(16)32)21-5-3-2-4-6-21/h2-10,13,15-16,22H,11-12H2,1H3,(H2,29,33)/t16-,22-,27+/m0/s1. The van der Waals surface area contributed by atoms with Crippen molar-refractivity contribution in [3.05, 3.63) is 94.8 Å². The number of nitrogens with zero attached hydrogens (tertiary/aromatic N) is 3. The average molecular weight is 434 g/mol. The van der Waals surface area contributed by atoms with Crippen molar-refractivity contribution in [3.8, 4) is 17.5 Å². The molecular formula is C27H22N4O2. The highest BCUT2D eigenvalue weighted by molar-refractivity contribution is 6.02. The topological polar surface area (TPSA) is 110 Å². The molecule has 0 saturated carbocycles. The van der Waals surface area contributed by atoms with Crippen LogP contribution in [0, 0.1) is 23.2 Å². The van der Waals surface area contributed by atoms with E-state index < -0.39 is 11.3 Å². The number of fused-ring (bicyclic) bond motifs is 3. The van der Waals surface area contributed by atoms with Crippen LogP contribution in [-0.4, -0.2) is 21.7 Å². The Morgan fingerprint density at radius 2 is 1.88 bits per heavy atom. The number of nitrogens with two attached hydrogens (primary N) is 1. The van der Waals surface area contributed by atoms with E-state index in [2.05, 4.69) is 11.1 Å². The largest absolute Gasteiger partial charge is 0.366 e. The highest BCUT2D eigenvalue weighted by atomic mass is 16.1. The molecule has 162 valence electrons. The first kappa shape index (κ1) is 20.8. The predicted octanol–water partition coefficient (Wildman–Crippen LogP) is 3.76. The van der Waals surface area contributed by atoms with E-state index in [0.717, 1.165) is 35.2 Å². The van der Waals surface area contributed by atoms with Gasteiger partial charge in [0.1, 0.15) is 6.07 Å². The number of amides is 1. The van der Waals surface area contributed by atoms with Crippen molar-refractivity contribution in [2.45, 2.75) is 25.2 Å². The number of carbonyl (C=O) groups is 2. The fraction of sp³-hybridized carbons (Fsp3) is 0.222. The number of carbonyl (C=O) groups excluding carboxylic acids is 2. The summed E-state index contributed by atoms with van der Waals surface area (Å²) in [6.07, 6.45) is 5.25. The van der Waals surface area contributed by atoms with E-state index in [-0.39, 0.29) is 23.2 Å². The van der Waals surface area contributed by atoms with E-state index in [4.69, 9.17) is 10.7 Å². The van der Waals surface area contributed by atoms with Crippen LogP contribution in [0.1, 0.15) is 40.5 Å². The number of aromatic nitrogens is 2. The number of rotatable bonds is 3. The zero-order valence-electron chi connectivity index (χ0n) is 18.2. The Morgan fingerprint density at radius 3 is 2.55 bits per heavy atom. The molecule has 2 aliphatic rings. The van der Waals surface area contributed by atoms with Crippen molar-refractivity contribution < 1.29 is 9.59 Å². The Kier molecular flexibility index (Phi) is 4.90. The smallest absolute Gasteiger partial charge is 0.248 e. The van der Waals surface area contributed by atoms with Gasteiger partial charge in [-0.1, -0.05) is 49.4 Å². The van der Waals surface area contributed by atoms with Gasteiger partial charge in [0.25, 0.3) is 0 Å². The van der Waals surface area contributed by atoms with Crippen LogP contribution >= 0.6 is 0 Å². The lowest BCUT2D eigenvalue weighted by Crippen LogP contribution is -2.48. The van der Waals surface area contributed by atoms with Crippen LogP contribution in [0.25, 0.3) is 11.4 Å². The Hall–Kier alpha value is -4.11. The lowest BCUT2D eigenvalue weighted by molar-refractivity contribution is -0.121. The number of hydrogen-bond donors (Lipinski definition) is 1. The molecule has 1 aromatic heterocycles. The summed E-state index contributed by atoms with van der Waals surface area (Å²) in [5.74, 6) is -0.386. The molecule has 1 amide bonds. The van der Waals surface area contributed by atoms with Gasteiger partial charge < -0.3 is 5.73 Å². The van der Waals surface area contributed by atoms with Gasteiger partial charge in [0.15, 0.2) is 11.6 Å². The van der Waals surface area contributed by atoms with Gasteiger partial charge in [0.2, 0.25) is 5.91 Å². The fourth-order valence-electron chi connectivity index (χ4n) is 5.37. The molecule has 0 aliphatic heterocycles. The van der Waals surface area contributed by atoms with E-state index in [1.54, 1.807) is 24.3 Å². The number of primary amides is 1. The van der Waals surface area contributed by atoms with Gasteiger partial charge in [0.05, 0.1) is 16.7 Å². The van der Waals surface area contributed by atoms with Crippen molar-refractivity contribution in [3.63, 3.8) is 0 Å². The second-order valence-electron chi connectivity index (χ2n) is 8.71. The van der Waals surface area contributed by atoms with Crippen LogP contribution in [0.2, 0.25) is 0 Å². The lowest BCUT2D eigenvalue weighted by Gasteiger charge is -2.47. The molecule has 0 spiro atoms. The number of Topliss-reactive ketones (excluding diaryl/α,β-unsaturated/α-hetero) is 1. The summed E-state index contributed by atoms with van der Waals surface area (Å²) in [6, 6.07) is 19.0. The van der Waals surface area contributed by atoms with Crippen LogP contribution in [0.15, 0.2) is 72.4 Å². The first-order valence-electron chi connectivity index (χ1n) is 10.9. The quantitative estimate of drug-likeness (QED) is 0.675. The van der Waals surface area contributed by atoms with Gasteiger partial charge in [-0.25, -0.2) is 9.97 Å². The molecule has 0 saturated heterocycles. The molecule has 0 unspecified atom stereocenters. The molecule has 2 aromatic carbocycles. The van der Waals surface area contributed by atoms with Crippen molar-refractivity contribution in [1.29, 1.82) is 5.26 Å². The molecule has 6 nitrogen and oxygen atoms in total. The van der Waals surface area contributed by atoms with Crippen molar-refractivity contribution in [2.24, 2.45) is 17.6 Å². The third-order valence-electron chi connectivity index (χ3n) is 7.02. The van der Waals surface area contributed by atoms with Crippen LogP contribution in [0.3, 0.4) is 0 Å². The SMILES string of the molecule is C[C@@H]1C(=O)C(C#N)=C[C@]2(c3ccccc3)c3nc(-c4ccc(C(N)=O)cc4)ncc3CC[C@@H]12. The summed E-state index contributed by atoms with van der Waals surface area (Å²) in [6.45, 7) is 1.92. The molecule has 0 fully saturated rings. The van der Waals surface area contributed by atoms with Crippen LogP contribution < -0.4 is 5.73 Å². The first-order valence-corrected chi connectivity index (χ1v) is 10.9. The zero-order chi connectivity index (χ0) is 23.2. The van der Waals surface area contributed by atoms with E-state index >= 15 is 0 Å². The Balaban J connectivity index is 1.76. The van der Waals surface area contributed by atoms with E-state index in [1.165, 1.54) is 0 Å². The third-order valence-corrected chi connectivity index (χ3v) is 7.02. The van der Waals surface area contributed by atoms with Gasteiger partial charge in [-0.2, -0.15) is 5.26 Å². The summed E-state index contributed by atoms with van der Waals surface area (Å²) in [5, 5.41) is 9.77. The van der Waals surface area contributed by atoms with Gasteiger partial charge in [0, 0.05) is 23.2 Å². The summed E-state index contributed by atoms with van der Waals surface area (Å²) >= 11 is 0. The van der Waals surface area contributed by atoms with Gasteiger partial charge in [-0.15, -0.1) is 0 Å². The molecule has 2 aliphatic carbocycles. The lowest BCUT2D eigenvalue weighted by atomic mass is 9.54. The highest BCUT2D eigenvalue weighted by Crippen LogP contribution is 2.53. The van der Waals surface area contributed by atoms with Crippen molar-refractivity contribution >= 4 is 11.7 Å². The maximum absolute atomic E-state index is 12.9. The van der Waals surface area contributed by atoms with Gasteiger partial charge >= 0.3 is 0 Å². The average Bonchev–Trinajstić information content (AvgIpc) is 2.86. The molecule has 2 N–H and O–H groups in total. The molecule has 5 rings (SSSR count). The van der Waals surface area contributed by atoms with Crippen LogP contribution in [0.5, 0.6) is 0 Å². The second kappa shape index (κ2) is 7.79. The summed E-state index contributed by atoms with van der Waals surface area (Å²) < 4.78 is 0. The molecule has 1 heterocycles. The van der Waals surface area contributed by atoms with Gasteiger partial charge in [-0.05, 0) is 48.1 Å². The summed E-state index contributed by atoms with van der Waals surface area (Å²) in [5.41, 5.74) is 8.89. The molecule has 0 radical (unpaired) electrons. The Morgan fingerprint density at radius 1 is 1.15 bits per heavy atom. The first-order chi connectivity index (χ1) is 16.0. The minimum atomic E-state index is -0.696. The minimum absolute atomic E-state index is 0.0167. The summed E-state index contributed by atoms with van der Waals surface area (Å²) in [4.78, 5) is 34.0. The molecule has 6 heteroatoms. The molecular weight excluding hydrogens is 412 g/mol. The second-order valence-corrected chi connectivity index (χ2v) is 8.71. The Bertz CT molecular complexity index is 1340. The van der Waals surface area contributed by atoms with Crippen molar-refractivity contribution in [1.82, 2.24) is 9.97 Å². The molecule has 33 heavy (non-hydrogen) atoms. The Labute approximate surface area is 191 Å². The number of aryl methyl sites for hydroxylation is 1. The number of benzene rings is 2. The minimum Gasteiger partial charge on any atom is -0.366 e. The molecule has 3 aromatic rings. The number of hydrogen-bond acceptors (Lipinski definition) is 5. The van der Waals surface area contributed by atoms with E-state index in [9.17, 15) is 14.9 Å². The van der Waals surface area contributed by atoms with Crippen LogP contribution in [-0.2, 0) is 16.6 Å². The van der Waals surface area contributed by atoms with Gasteiger partial charge in [-0.3, -0.25) is 9.59 Å². The van der Waals surface area contributed by atoms with Crippen LogP contribution in [0.4, 0.5) is 0 Å². The maximum Gasteiger partial charge on any atom is 0.248 e. The zero-order valence-corrected chi connectivity index (χ0v) is 18.2. The highest BCUT2D eigenvalue weighted by Gasteiger charge is 2.52. The normalized spacial score (nSPS) is 23.6. The molecule has 0 bridgehead atoms. The van der Waals surface area contributed by atoms with Crippen molar-refractivity contribution in [2.75, 3.05) is 0 Å². The fourth-order valence-corrected chi connectivity index (χ4v) is 5.37. The number of allylic oxidation sites excluding steroid dienone is 2. The number of ketones is 1. The monoisotopic (exact) mass is 434 g/mol. The summed E-state index contributed by atoms with van der Waals surface area (Å²) in [7, 11) is 0. The van der Waals surface area contributed by atoms with E-state index in [1.807, 2.05) is 49.5 Å². The maximum atomic E-state index is 12.9. The predicted molar refractivity (Wildman–Crippen MR) is 123 cm³/mol. The molecule has 3 atom stereocenters. The number of nitriles is 1.